The average Bonchev–Trinajstić information content (AvgIpc) is 2.70. The molecule has 0 radical (unpaired) electrons. The molecule has 1 aromatic carbocycles. The van der Waals surface area contributed by atoms with Crippen molar-refractivity contribution in [2.45, 2.75) is 33.7 Å². The molecule has 0 fully saturated rings. The largest absolute Gasteiger partial charge is 0.507 e. The van der Waals surface area contributed by atoms with Crippen molar-refractivity contribution in [2.24, 2.45) is 0 Å². The van der Waals surface area contributed by atoms with Crippen molar-refractivity contribution < 1.29 is 5.11 Å². The van der Waals surface area contributed by atoms with Gasteiger partial charge in [-0.3, -0.25) is 4.98 Å². The molecule has 0 saturated heterocycles. The van der Waals surface area contributed by atoms with Crippen LogP contribution in [0.1, 0.15) is 47.7 Å². The fourth-order valence-electron chi connectivity index (χ4n) is 3.15. The summed E-state index contributed by atoms with van der Waals surface area (Å²) >= 11 is 0. The van der Waals surface area contributed by atoms with Crippen molar-refractivity contribution in [1.82, 2.24) is 9.97 Å². The van der Waals surface area contributed by atoms with Gasteiger partial charge < -0.3 is 10.4 Å². The highest BCUT2D eigenvalue weighted by molar-refractivity contribution is 5.62. The van der Waals surface area contributed by atoms with E-state index in [-0.39, 0.29) is 11.8 Å². The summed E-state index contributed by atoms with van der Waals surface area (Å²) in [5, 5.41) is 14.5. The zero-order valence-electron chi connectivity index (χ0n) is 17.3. The summed E-state index contributed by atoms with van der Waals surface area (Å²) in [6.45, 7) is 8.09. The van der Waals surface area contributed by atoms with Gasteiger partial charge in [-0.1, -0.05) is 35.9 Å². The molecule has 3 rings (SSSR count). The quantitative estimate of drug-likeness (QED) is 0.513. The van der Waals surface area contributed by atoms with Crippen molar-refractivity contribution in [1.29, 1.82) is 0 Å². The van der Waals surface area contributed by atoms with Crippen molar-refractivity contribution in [3.8, 4) is 5.75 Å². The third-order valence-electron chi connectivity index (χ3n) is 4.77. The maximum absolute atomic E-state index is 11.0. The maximum Gasteiger partial charge on any atom is 0.126 e. The lowest BCUT2D eigenvalue weighted by atomic mass is 9.94. The minimum Gasteiger partial charge on any atom is -0.507 e. The first-order valence-corrected chi connectivity index (χ1v) is 9.69. The van der Waals surface area contributed by atoms with Crippen LogP contribution >= 0.6 is 0 Å². The predicted octanol–water partition coefficient (Wildman–Crippen LogP) is 5.98. The van der Waals surface area contributed by atoms with Crippen molar-refractivity contribution >= 4 is 11.9 Å². The molecule has 0 aliphatic rings. The number of anilines is 1. The number of aromatic nitrogens is 2. The molecular weight excluding hydrogens is 358 g/mol. The summed E-state index contributed by atoms with van der Waals surface area (Å²) in [6.07, 6.45) is 11.4. The van der Waals surface area contributed by atoms with E-state index in [4.69, 9.17) is 0 Å². The van der Waals surface area contributed by atoms with E-state index < -0.39 is 0 Å². The number of allylic oxidation sites excluding steroid dienone is 3. The van der Waals surface area contributed by atoms with Crippen LogP contribution in [0, 0.1) is 13.8 Å². The van der Waals surface area contributed by atoms with Gasteiger partial charge in [-0.15, -0.1) is 0 Å². The zero-order chi connectivity index (χ0) is 20.8. The Bertz CT molecular complexity index is 1040. The molecule has 0 aliphatic carbocycles. The highest BCUT2D eigenvalue weighted by Gasteiger charge is 2.20. The monoisotopic (exact) mass is 385 g/mol. The van der Waals surface area contributed by atoms with E-state index in [1.807, 2.05) is 62.4 Å². The molecular formula is C25H27N3O. The fraction of sp³-hybridized carbons (Fsp3) is 0.200. The zero-order valence-corrected chi connectivity index (χ0v) is 17.3. The molecule has 0 amide bonds. The van der Waals surface area contributed by atoms with E-state index >= 15 is 0 Å². The summed E-state index contributed by atoms with van der Waals surface area (Å²) < 4.78 is 0. The second kappa shape index (κ2) is 9.20. The lowest BCUT2D eigenvalue weighted by Crippen LogP contribution is -2.14. The number of aryl methyl sites for hydroxylation is 1. The van der Waals surface area contributed by atoms with Crippen molar-refractivity contribution in [3.05, 3.63) is 101 Å². The van der Waals surface area contributed by atoms with Crippen LogP contribution in [0.15, 0.2) is 72.7 Å². The molecule has 0 spiro atoms. The third kappa shape index (κ3) is 5.11. The molecule has 0 saturated carbocycles. The van der Waals surface area contributed by atoms with Gasteiger partial charge in [0.05, 0.1) is 6.04 Å². The fourth-order valence-corrected chi connectivity index (χ4v) is 3.15. The molecule has 29 heavy (non-hydrogen) atoms. The van der Waals surface area contributed by atoms with Crippen LogP contribution in [0.3, 0.4) is 0 Å². The Hall–Kier alpha value is -3.40. The van der Waals surface area contributed by atoms with Gasteiger partial charge in [-0.25, -0.2) is 4.98 Å². The summed E-state index contributed by atoms with van der Waals surface area (Å²) in [6, 6.07) is 11.6. The lowest BCUT2D eigenvalue weighted by molar-refractivity contribution is 0.462. The first-order chi connectivity index (χ1) is 14.0. The Kier molecular flexibility index (Phi) is 6.45. The topological polar surface area (TPSA) is 58.0 Å². The van der Waals surface area contributed by atoms with E-state index in [9.17, 15) is 5.11 Å². The van der Waals surface area contributed by atoms with Crippen LogP contribution in [-0.4, -0.2) is 15.1 Å². The van der Waals surface area contributed by atoms with Gasteiger partial charge in [0.25, 0.3) is 0 Å². The van der Waals surface area contributed by atoms with Gasteiger partial charge in [-0.05, 0) is 74.2 Å². The van der Waals surface area contributed by atoms with Gasteiger partial charge in [0.1, 0.15) is 11.6 Å². The van der Waals surface area contributed by atoms with Crippen LogP contribution in [0.4, 0.5) is 5.82 Å². The van der Waals surface area contributed by atoms with Gasteiger partial charge in [0.15, 0.2) is 0 Å². The van der Waals surface area contributed by atoms with Gasteiger partial charge in [-0.2, -0.15) is 0 Å². The number of aromatic hydroxyl groups is 1. The predicted molar refractivity (Wildman–Crippen MR) is 120 cm³/mol. The number of rotatable bonds is 6. The number of phenols is 1. The minimum absolute atomic E-state index is 0.248. The molecule has 148 valence electrons. The number of nitrogens with one attached hydrogen (secondary N) is 1. The Morgan fingerprint density at radius 1 is 1.03 bits per heavy atom. The second-order valence-electron chi connectivity index (χ2n) is 7.40. The first-order valence-electron chi connectivity index (χ1n) is 9.69. The first kappa shape index (κ1) is 20.3. The minimum atomic E-state index is -0.248. The van der Waals surface area contributed by atoms with Crippen LogP contribution in [0.5, 0.6) is 5.75 Å². The number of hydrogen-bond donors (Lipinski definition) is 2. The van der Waals surface area contributed by atoms with Crippen LogP contribution in [-0.2, 0) is 0 Å². The lowest BCUT2D eigenvalue weighted by Gasteiger charge is -2.23. The van der Waals surface area contributed by atoms with Gasteiger partial charge >= 0.3 is 0 Å². The molecule has 0 aliphatic heterocycles. The number of benzene rings is 1. The van der Waals surface area contributed by atoms with E-state index in [0.29, 0.717) is 0 Å². The SMILES string of the molecule is CC(C)=C/C=C\c1ccc(C(Nc2cc(C)ccn2)c2ccncc2)c(O)c1C. The molecule has 2 heterocycles. The van der Waals surface area contributed by atoms with Crippen LogP contribution < -0.4 is 5.32 Å². The molecule has 4 nitrogen and oxygen atoms in total. The number of nitrogens with zero attached hydrogens (tertiary/aromatic N) is 2. The molecule has 0 bridgehead atoms. The molecule has 1 unspecified atom stereocenters. The maximum atomic E-state index is 11.0. The normalized spacial score (nSPS) is 12.0. The van der Waals surface area contributed by atoms with E-state index in [2.05, 4.69) is 35.2 Å². The number of pyridine rings is 2. The molecule has 4 heteroatoms. The Morgan fingerprint density at radius 2 is 1.79 bits per heavy atom. The highest BCUT2D eigenvalue weighted by Crippen LogP contribution is 2.35. The van der Waals surface area contributed by atoms with Gasteiger partial charge in [0.2, 0.25) is 0 Å². The smallest absolute Gasteiger partial charge is 0.126 e. The average molecular weight is 386 g/mol. The second-order valence-corrected chi connectivity index (χ2v) is 7.40. The molecule has 2 aromatic heterocycles. The van der Waals surface area contributed by atoms with Crippen molar-refractivity contribution in [2.75, 3.05) is 5.32 Å². The standard InChI is InChI=1S/C25H27N3O/c1-17(2)6-5-7-20-8-9-22(25(29)19(20)4)24(21-11-13-26-14-12-21)28-23-16-18(3)10-15-27-23/h5-16,24,29H,1-4H3,(H,27,28)/b7-5-. The Labute approximate surface area is 172 Å². The van der Waals surface area contributed by atoms with Crippen LogP contribution in [0.2, 0.25) is 0 Å². The highest BCUT2D eigenvalue weighted by atomic mass is 16.3. The number of hydrogen-bond acceptors (Lipinski definition) is 4. The van der Waals surface area contributed by atoms with E-state index in [1.54, 1.807) is 18.6 Å². The molecule has 2 N–H and O–H groups in total. The molecule has 3 aromatic rings. The molecule has 1 atom stereocenters. The van der Waals surface area contributed by atoms with E-state index in [1.165, 1.54) is 5.57 Å². The Balaban J connectivity index is 2.03. The summed E-state index contributed by atoms with van der Waals surface area (Å²) in [7, 11) is 0. The number of phenolic OH excluding ortho intramolecular Hbond substituents is 1. The summed E-state index contributed by atoms with van der Waals surface area (Å²) in [5.74, 6) is 1.04. The van der Waals surface area contributed by atoms with Crippen LogP contribution in [0.25, 0.3) is 6.08 Å². The summed E-state index contributed by atoms with van der Waals surface area (Å²) in [5.41, 5.74) is 6.00. The van der Waals surface area contributed by atoms with E-state index in [0.717, 1.165) is 33.6 Å². The van der Waals surface area contributed by atoms with Gasteiger partial charge in [0, 0.05) is 24.2 Å². The third-order valence-corrected chi connectivity index (χ3v) is 4.77. The van der Waals surface area contributed by atoms with Crippen molar-refractivity contribution in [3.63, 3.8) is 0 Å². The Morgan fingerprint density at radius 3 is 2.48 bits per heavy atom. The summed E-state index contributed by atoms with van der Waals surface area (Å²) in [4.78, 5) is 8.56.